The molecule has 0 atom stereocenters. The quantitative estimate of drug-likeness (QED) is 0.386. The first-order valence-corrected chi connectivity index (χ1v) is 1.47. The summed E-state index contributed by atoms with van der Waals surface area (Å²) in [5.41, 5.74) is 0. The molecule has 0 aliphatic heterocycles. The summed E-state index contributed by atoms with van der Waals surface area (Å²) in [6.45, 7) is 1.54. The van der Waals surface area contributed by atoms with Crippen molar-refractivity contribution >= 4 is 5.97 Å². The Morgan fingerprint density at radius 1 is 1.83 bits per heavy atom. The first kappa shape index (κ1) is 9.06. The summed E-state index contributed by atoms with van der Waals surface area (Å²) >= 11 is 0. The fourth-order valence-corrected chi connectivity index (χ4v) is 0. The lowest BCUT2D eigenvalue weighted by Crippen LogP contribution is -2.19. The van der Waals surface area contributed by atoms with E-state index in [0.29, 0.717) is 0 Å². The van der Waals surface area contributed by atoms with Crippen molar-refractivity contribution in [2.45, 2.75) is 13.3 Å². The minimum atomic E-state index is -0.995. The molecule has 0 amide bonds. The number of rotatable bonds is 1. The van der Waals surface area contributed by atoms with Crippen molar-refractivity contribution in [3.8, 4) is 0 Å². The highest BCUT2D eigenvalue weighted by atomic mass is 16.4. The molecule has 0 radical (unpaired) electrons. The zero-order valence-electron chi connectivity index (χ0n) is 3.52. The Bertz CT molecular complexity index is 41.3. The second-order valence-corrected chi connectivity index (χ2v) is 0.726. The highest BCUT2D eigenvalue weighted by Gasteiger charge is 1.65. The maximum absolute atomic E-state index is 9.26. The topological polar surface area (TPSA) is 71.6 Å². The highest BCUT2D eigenvalue weighted by Crippen LogP contribution is 1.61. The molecular weight excluding hydrogens is 84.0 g/mol. The van der Waals surface area contributed by atoms with E-state index in [4.69, 9.17) is 0 Å². The van der Waals surface area contributed by atoms with E-state index in [1.807, 2.05) is 0 Å². The average Bonchev–Trinajstić information content (AvgIpc) is 1.38. The molecule has 0 aliphatic carbocycles. The van der Waals surface area contributed by atoms with Crippen LogP contribution in [0.15, 0.2) is 0 Å². The van der Waals surface area contributed by atoms with Crippen LogP contribution in [0, 0.1) is 0 Å². The third kappa shape index (κ3) is 9.90. The molecule has 0 unspecified atom stereocenters. The van der Waals surface area contributed by atoms with E-state index in [1.54, 1.807) is 0 Å². The third-order valence-corrected chi connectivity index (χ3v) is 0.289. The van der Waals surface area contributed by atoms with Crippen LogP contribution in [0.4, 0.5) is 0 Å². The molecule has 38 valence electrons. The van der Waals surface area contributed by atoms with Gasteiger partial charge in [0.1, 0.15) is 0 Å². The fraction of sp³-hybridized carbons (Fsp3) is 0.667. The molecule has 0 aromatic rings. The van der Waals surface area contributed by atoms with Crippen LogP contribution in [-0.2, 0) is 4.79 Å². The van der Waals surface area contributed by atoms with Gasteiger partial charge in [0.05, 0.1) is 0 Å². The average molecular weight is 91.1 g/mol. The molecule has 0 aromatic heterocycles. The maximum atomic E-state index is 9.26. The maximum Gasteiger partial charge on any atom is 0.0411 e. The van der Waals surface area contributed by atoms with Crippen LogP contribution in [0.5, 0.6) is 0 Å². The molecule has 6 heavy (non-hydrogen) atoms. The Morgan fingerprint density at radius 2 is 2.00 bits per heavy atom. The summed E-state index contributed by atoms with van der Waals surface area (Å²) < 4.78 is 0. The van der Waals surface area contributed by atoms with Crippen molar-refractivity contribution in [3.05, 3.63) is 0 Å². The number of hydrogen-bond acceptors (Lipinski definition) is 2. The van der Waals surface area contributed by atoms with Crippen LogP contribution in [0.3, 0.4) is 0 Å². The second-order valence-electron chi connectivity index (χ2n) is 0.726. The standard InChI is InChI=1S/C3H6O2.H2O/c1-2-3(4)5;/h2H2,1H3,(H,4,5);1H2/p-1. The normalized spacial score (nSPS) is 6.17. The lowest BCUT2D eigenvalue weighted by molar-refractivity contribution is -0.305. The molecule has 0 heterocycles. The predicted octanol–water partition coefficient (Wildman–Crippen LogP) is -1.68. The Kier molecular flexibility index (Phi) is 6.69. The van der Waals surface area contributed by atoms with Crippen LogP contribution < -0.4 is 5.11 Å². The summed E-state index contributed by atoms with van der Waals surface area (Å²) in [7, 11) is 0. The van der Waals surface area contributed by atoms with Crippen LogP contribution in [0.25, 0.3) is 0 Å². The SMILES string of the molecule is CCC(=O)[O-].O. The smallest absolute Gasteiger partial charge is 0.0411 e. The van der Waals surface area contributed by atoms with Crippen LogP contribution >= 0.6 is 0 Å². The molecule has 0 aromatic carbocycles. The van der Waals surface area contributed by atoms with Crippen LogP contribution in [0.2, 0.25) is 0 Å². The summed E-state index contributed by atoms with van der Waals surface area (Å²) in [5, 5.41) is 9.26. The number of hydrogen-bond donors (Lipinski definition) is 0. The monoisotopic (exact) mass is 91.0 g/mol. The molecule has 3 nitrogen and oxygen atoms in total. The van der Waals surface area contributed by atoms with Crippen molar-refractivity contribution in [2.75, 3.05) is 0 Å². The number of carbonyl (C=O) groups excluding carboxylic acids is 1. The zero-order valence-corrected chi connectivity index (χ0v) is 3.52. The summed E-state index contributed by atoms with van der Waals surface area (Å²) in [6, 6.07) is 0. The molecule has 3 heteroatoms. The molecule has 0 fully saturated rings. The van der Waals surface area contributed by atoms with E-state index in [0.717, 1.165) is 0 Å². The number of carbonyl (C=O) groups is 1. The van der Waals surface area contributed by atoms with Gasteiger partial charge >= 0.3 is 0 Å². The van der Waals surface area contributed by atoms with E-state index in [1.165, 1.54) is 6.92 Å². The zero-order chi connectivity index (χ0) is 4.28. The molecule has 0 spiro atoms. The fourth-order valence-electron chi connectivity index (χ4n) is 0. The molecule has 2 N–H and O–H groups in total. The van der Waals surface area contributed by atoms with Gasteiger partial charge in [0, 0.05) is 5.97 Å². The largest absolute Gasteiger partial charge is 0.550 e. The summed E-state index contributed by atoms with van der Waals surface area (Å²) in [5.74, 6) is -0.995. The number of carboxylic acids is 1. The Morgan fingerprint density at radius 3 is 2.00 bits per heavy atom. The molecule has 0 bridgehead atoms. The predicted molar refractivity (Wildman–Crippen MR) is 18.9 cm³/mol. The molecular formula is C3H7O3-. The van der Waals surface area contributed by atoms with Gasteiger partial charge in [-0.25, -0.2) is 0 Å². The molecule has 0 aliphatic rings. The van der Waals surface area contributed by atoms with Crippen LogP contribution in [0.1, 0.15) is 13.3 Å². The van der Waals surface area contributed by atoms with Gasteiger partial charge in [-0.05, 0) is 6.42 Å². The first-order valence-electron chi connectivity index (χ1n) is 1.47. The molecule has 0 rings (SSSR count). The summed E-state index contributed by atoms with van der Waals surface area (Å²) in [6.07, 6.45) is 0.111. The second kappa shape index (κ2) is 4.43. The third-order valence-electron chi connectivity index (χ3n) is 0.289. The Labute approximate surface area is 35.9 Å². The van der Waals surface area contributed by atoms with Gasteiger partial charge in [-0.1, -0.05) is 6.92 Å². The lowest BCUT2D eigenvalue weighted by Gasteiger charge is -1.87. The van der Waals surface area contributed by atoms with Gasteiger partial charge in [-0.2, -0.15) is 0 Å². The molecule has 0 saturated heterocycles. The van der Waals surface area contributed by atoms with Gasteiger partial charge < -0.3 is 15.4 Å². The van der Waals surface area contributed by atoms with E-state index < -0.39 is 5.97 Å². The van der Waals surface area contributed by atoms with Crippen molar-refractivity contribution in [1.29, 1.82) is 0 Å². The van der Waals surface area contributed by atoms with Crippen molar-refractivity contribution in [3.63, 3.8) is 0 Å². The van der Waals surface area contributed by atoms with Crippen molar-refractivity contribution < 1.29 is 15.4 Å². The minimum absolute atomic E-state index is 0. The van der Waals surface area contributed by atoms with Gasteiger partial charge in [0.25, 0.3) is 0 Å². The van der Waals surface area contributed by atoms with E-state index in [-0.39, 0.29) is 11.9 Å². The van der Waals surface area contributed by atoms with Gasteiger partial charge in [-0.15, -0.1) is 0 Å². The summed E-state index contributed by atoms with van der Waals surface area (Å²) in [4.78, 5) is 9.26. The highest BCUT2D eigenvalue weighted by molar-refractivity contribution is 5.63. The Hall–Kier alpha value is -0.570. The van der Waals surface area contributed by atoms with Gasteiger partial charge in [-0.3, -0.25) is 0 Å². The van der Waals surface area contributed by atoms with E-state index in [2.05, 4.69) is 0 Å². The van der Waals surface area contributed by atoms with Crippen LogP contribution in [-0.4, -0.2) is 11.4 Å². The van der Waals surface area contributed by atoms with Crippen molar-refractivity contribution in [2.24, 2.45) is 0 Å². The van der Waals surface area contributed by atoms with Gasteiger partial charge in [0.2, 0.25) is 0 Å². The number of carboxylic acid groups (broad SMARTS) is 1. The first-order chi connectivity index (χ1) is 2.27. The molecule has 0 saturated carbocycles. The van der Waals surface area contributed by atoms with Gasteiger partial charge in [0.15, 0.2) is 0 Å². The minimum Gasteiger partial charge on any atom is -0.550 e. The number of aliphatic carboxylic acids is 1. The lowest BCUT2D eigenvalue weighted by atomic mass is 10.5. The van der Waals surface area contributed by atoms with E-state index >= 15 is 0 Å². The Balaban J connectivity index is 0. The van der Waals surface area contributed by atoms with E-state index in [9.17, 15) is 9.90 Å². The van der Waals surface area contributed by atoms with Crippen molar-refractivity contribution in [1.82, 2.24) is 0 Å².